The van der Waals surface area contributed by atoms with Gasteiger partial charge in [-0.25, -0.2) is 9.78 Å². The van der Waals surface area contributed by atoms with Crippen molar-refractivity contribution in [2.75, 3.05) is 20.2 Å². The van der Waals surface area contributed by atoms with E-state index in [1.807, 2.05) is 29.2 Å². The van der Waals surface area contributed by atoms with E-state index in [1.54, 1.807) is 19.2 Å². The molecule has 1 amide bonds. The molecule has 6 nitrogen and oxygen atoms in total. The molecule has 2 fully saturated rings. The van der Waals surface area contributed by atoms with Gasteiger partial charge in [-0.2, -0.15) is 0 Å². The standard InChI is InChI=1S/C27H25N2O4/c1-32-23-15-22(28-24-19(17-9-10-17)7-4-8-21(23)24)25(30)29-13-11-27(12-14-29)16-18-5-2-3-6-20(18)26(31)33-27/h2,4-8,15,17H,9-14,16H2,1H3. The van der Waals surface area contributed by atoms with Crippen LogP contribution in [0.2, 0.25) is 0 Å². The second-order valence-electron chi connectivity index (χ2n) is 9.35. The van der Waals surface area contributed by atoms with Gasteiger partial charge in [0, 0.05) is 43.8 Å². The van der Waals surface area contributed by atoms with Crippen molar-refractivity contribution in [2.24, 2.45) is 0 Å². The molecule has 1 saturated heterocycles. The molecule has 2 aromatic carbocycles. The van der Waals surface area contributed by atoms with Crippen LogP contribution in [-0.2, 0) is 11.2 Å². The summed E-state index contributed by atoms with van der Waals surface area (Å²) < 4.78 is 11.5. The van der Waals surface area contributed by atoms with Gasteiger partial charge in [0.1, 0.15) is 17.0 Å². The van der Waals surface area contributed by atoms with Gasteiger partial charge in [0.25, 0.3) is 5.91 Å². The van der Waals surface area contributed by atoms with Gasteiger partial charge in [0.15, 0.2) is 0 Å². The van der Waals surface area contributed by atoms with Crippen LogP contribution in [-0.4, -0.2) is 47.6 Å². The third-order valence-electron chi connectivity index (χ3n) is 7.25. The van der Waals surface area contributed by atoms with E-state index in [-0.39, 0.29) is 11.9 Å². The highest BCUT2D eigenvalue weighted by Crippen LogP contribution is 2.44. The minimum Gasteiger partial charge on any atom is -0.496 e. The van der Waals surface area contributed by atoms with E-state index in [0.717, 1.165) is 29.3 Å². The first-order valence-electron chi connectivity index (χ1n) is 11.6. The number of ether oxygens (including phenoxy) is 2. The number of carbonyl (C=O) groups is 2. The lowest BCUT2D eigenvalue weighted by atomic mass is 9.81. The second kappa shape index (κ2) is 7.58. The Hall–Kier alpha value is -3.41. The summed E-state index contributed by atoms with van der Waals surface area (Å²) in [5.41, 5.74) is 3.52. The smallest absolute Gasteiger partial charge is 0.338 e. The minimum atomic E-state index is -0.546. The number of hydrogen-bond donors (Lipinski definition) is 0. The van der Waals surface area contributed by atoms with Crippen LogP contribution in [0.1, 0.15) is 63.6 Å². The van der Waals surface area contributed by atoms with Crippen LogP contribution in [0.3, 0.4) is 0 Å². The lowest BCUT2D eigenvalue weighted by molar-refractivity contribution is -0.0527. The van der Waals surface area contributed by atoms with Gasteiger partial charge in [-0.1, -0.05) is 24.3 Å². The molecule has 0 atom stereocenters. The number of aromatic nitrogens is 1. The minimum absolute atomic E-state index is 0.104. The van der Waals surface area contributed by atoms with Crippen molar-refractivity contribution in [3.8, 4) is 5.75 Å². The molecule has 2 aliphatic heterocycles. The van der Waals surface area contributed by atoms with Crippen molar-refractivity contribution in [1.29, 1.82) is 0 Å². The maximum Gasteiger partial charge on any atom is 0.338 e. The fourth-order valence-electron chi connectivity index (χ4n) is 5.24. The number of carbonyl (C=O) groups excluding carboxylic acids is 2. The summed E-state index contributed by atoms with van der Waals surface area (Å²) in [5.74, 6) is 0.802. The topological polar surface area (TPSA) is 68.7 Å². The number of fused-ring (bicyclic) bond motifs is 2. The number of piperidine rings is 1. The maximum atomic E-state index is 13.4. The average Bonchev–Trinajstić information content (AvgIpc) is 3.68. The van der Waals surface area contributed by atoms with E-state index >= 15 is 0 Å². The lowest BCUT2D eigenvalue weighted by Gasteiger charge is -2.43. The Bertz CT molecular complexity index is 1270. The molecule has 6 heteroatoms. The highest BCUT2D eigenvalue weighted by atomic mass is 16.6. The molecular weight excluding hydrogens is 416 g/mol. The number of nitrogens with zero attached hydrogens (tertiary/aromatic N) is 2. The number of amides is 1. The average molecular weight is 442 g/mol. The van der Waals surface area contributed by atoms with Crippen molar-refractivity contribution in [1.82, 2.24) is 9.88 Å². The number of benzene rings is 2. The summed E-state index contributed by atoms with van der Waals surface area (Å²) in [6.07, 6.45) is 4.23. The molecular formula is C27H25N2O4. The van der Waals surface area contributed by atoms with Crippen molar-refractivity contribution in [2.45, 2.75) is 43.6 Å². The molecule has 1 aromatic heterocycles. The molecule has 3 heterocycles. The first-order chi connectivity index (χ1) is 16.1. The highest BCUT2D eigenvalue weighted by molar-refractivity contribution is 5.98. The molecule has 1 saturated carbocycles. The molecule has 3 aliphatic rings. The predicted octanol–water partition coefficient (Wildman–Crippen LogP) is 4.31. The first kappa shape index (κ1) is 20.2. The summed E-state index contributed by atoms with van der Waals surface area (Å²) in [6.45, 7) is 1.04. The van der Waals surface area contributed by atoms with Crippen molar-refractivity contribution in [3.05, 3.63) is 70.9 Å². The van der Waals surface area contributed by atoms with Crippen LogP contribution in [0.5, 0.6) is 5.75 Å². The molecule has 1 aliphatic carbocycles. The van der Waals surface area contributed by atoms with Gasteiger partial charge in [0.05, 0.1) is 18.2 Å². The SMILES string of the molecule is COc1cc(C(=O)N2CCC3(CC2)Cc2cc[c]cc2C(=O)O3)nc2c(C3CC3)cccc12. The molecule has 0 unspecified atom stereocenters. The Labute approximate surface area is 192 Å². The van der Waals surface area contributed by atoms with Crippen LogP contribution in [0.25, 0.3) is 10.9 Å². The largest absolute Gasteiger partial charge is 0.496 e. The normalized spacial score (nSPS) is 19.3. The van der Waals surface area contributed by atoms with Crippen molar-refractivity contribution >= 4 is 22.8 Å². The first-order valence-corrected chi connectivity index (χ1v) is 11.6. The van der Waals surface area contributed by atoms with E-state index in [9.17, 15) is 9.59 Å². The van der Waals surface area contributed by atoms with Crippen LogP contribution in [0.15, 0.2) is 42.5 Å². The van der Waals surface area contributed by atoms with Gasteiger partial charge in [-0.15, -0.1) is 0 Å². The zero-order valence-corrected chi connectivity index (χ0v) is 18.6. The number of methoxy groups -OCH3 is 1. The highest BCUT2D eigenvalue weighted by Gasteiger charge is 2.43. The fraction of sp³-hybridized carbons (Fsp3) is 0.370. The van der Waals surface area contributed by atoms with Crippen LogP contribution < -0.4 is 4.74 Å². The quantitative estimate of drug-likeness (QED) is 0.567. The molecule has 6 rings (SSSR count). The molecule has 33 heavy (non-hydrogen) atoms. The Kier molecular flexibility index (Phi) is 4.64. The summed E-state index contributed by atoms with van der Waals surface area (Å²) in [6, 6.07) is 16.3. The molecule has 1 radical (unpaired) electrons. The zero-order chi connectivity index (χ0) is 22.6. The Morgan fingerprint density at radius 2 is 2.06 bits per heavy atom. The fourth-order valence-corrected chi connectivity index (χ4v) is 5.24. The molecule has 0 bridgehead atoms. The summed E-state index contributed by atoms with van der Waals surface area (Å²) in [7, 11) is 1.63. The number of hydrogen-bond acceptors (Lipinski definition) is 5. The van der Waals surface area contributed by atoms with E-state index < -0.39 is 5.60 Å². The predicted molar refractivity (Wildman–Crippen MR) is 123 cm³/mol. The third kappa shape index (κ3) is 3.45. The summed E-state index contributed by atoms with van der Waals surface area (Å²) >= 11 is 0. The van der Waals surface area contributed by atoms with Crippen LogP contribution in [0.4, 0.5) is 0 Å². The maximum absolute atomic E-state index is 13.4. The van der Waals surface area contributed by atoms with Crippen molar-refractivity contribution < 1.29 is 19.1 Å². The molecule has 1 spiro atoms. The molecule has 167 valence electrons. The zero-order valence-electron chi connectivity index (χ0n) is 18.6. The van der Waals surface area contributed by atoms with Gasteiger partial charge < -0.3 is 14.4 Å². The third-order valence-corrected chi connectivity index (χ3v) is 7.25. The van der Waals surface area contributed by atoms with Crippen LogP contribution >= 0.6 is 0 Å². The molecule has 3 aromatic rings. The number of likely N-dealkylation sites (tertiary alicyclic amines) is 1. The monoisotopic (exact) mass is 441 g/mol. The van der Waals surface area contributed by atoms with Gasteiger partial charge in [-0.3, -0.25) is 4.79 Å². The summed E-state index contributed by atoms with van der Waals surface area (Å²) in [5, 5.41) is 0.945. The van der Waals surface area contributed by atoms with E-state index in [0.29, 0.717) is 55.3 Å². The lowest BCUT2D eigenvalue weighted by Crippen LogP contribution is -2.51. The number of pyridine rings is 1. The van der Waals surface area contributed by atoms with E-state index in [4.69, 9.17) is 14.5 Å². The van der Waals surface area contributed by atoms with E-state index in [2.05, 4.69) is 12.1 Å². The second-order valence-corrected chi connectivity index (χ2v) is 9.35. The number of para-hydroxylation sites is 1. The molecule has 0 N–H and O–H groups in total. The van der Waals surface area contributed by atoms with Crippen molar-refractivity contribution in [3.63, 3.8) is 0 Å². The summed E-state index contributed by atoms with van der Waals surface area (Å²) in [4.78, 5) is 32.6. The van der Waals surface area contributed by atoms with Crippen LogP contribution in [0, 0.1) is 6.07 Å². The Morgan fingerprint density at radius 3 is 2.82 bits per heavy atom. The number of rotatable bonds is 3. The number of esters is 1. The Balaban J connectivity index is 1.25. The Morgan fingerprint density at radius 1 is 1.24 bits per heavy atom. The van der Waals surface area contributed by atoms with E-state index in [1.165, 1.54) is 5.56 Å². The van der Waals surface area contributed by atoms with Gasteiger partial charge in [-0.05, 0) is 48.1 Å². The van der Waals surface area contributed by atoms with Gasteiger partial charge in [0.2, 0.25) is 0 Å². The van der Waals surface area contributed by atoms with Gasteiger partial charge >= 0.3 is 5.97 Å².